The fourth-order valence-corrected chi connectivity index (χ4v) is 1.90. The first-order valence-corrected chi connectivity index (χ1v) is 5.80. The maximum atomic E-state index is 11.6. The van der Waals surface area contributed by atoms with E-state index in [2.05, 4.69) is 21.6 Å². The molecule has 1 fully saturated rings. The first-order chi connectivity index (χ1) is 8.95. The van der Waals surface area contributed by atoms with Crippen LogP contribution in [0.1, 0.15) is 23.7 Å². The fraction of sp³-hybridized carbons (Fsp3) is 0.417. The lowest BCUT2D eigenvalue weighted by Crippen LogP contribution is -2.57. The molecule has 19 heavy (non-hydrogen) atoms. The number of nitrogens with zero attached hydrogens (tertiary/aromatic N) is 4. The highest BCUT2D eigenvalue weighted by molar-refractivity contribution is 6.04. The second-order valence-corrected chi connectivity index (χ2v) is 4.44. The molecule has 7 heteroatoms. The Morgan fingerprint density at radius 2 is 2.05 bits per heavy atom. The number of hydrogen-bond acceptors (Lipinski definition) is 6. The molecular formula is C12H13N5O2. The van der Waals surface area contributed by atoms with Gasteiger partial charge in [-0.2, -0.15) is 10.4 Å². The van der Waals surface area contributed by atoms with Crippen LogP contribution in [0, 0.1) is 25.2 Å². The van der Waals surface area contributed by atoms with Gasteiger partial charge in [-0.05, 0) is 26.3 Å². The minimum atomic E-state index is -0.568. The van der Waals surface area contributed by atoms with Crippen LogP contribution in [-0.2, 0) is 9.59 Å². The van der Waals surface area contributed by atoms with E-state index < -0.39 is 17.9 Å². The van der Waals surface area contributed by atoms with Crippen LogP contribution in [-0.4, -0.2) is 34.6 Å². The van der Waals surface area contributed by atoms with Gasteiger partial charge in [0.05, 0.1) is 12.2 Å². The van der Waals surface area contributed by atoms with E-state index in [0.29, 0.717) is 16.8 Å². The first-order valence-electron chi connectivity index (χ1n) is 5.80. The number of anilines is 1. The number of aryl methyl sites for hydroxylation is 1. The quantitative estimate of drug-likeness (QED) is 0.702. The second kappa shape index (κ2) is 4.65. The van der Waals surface area contributed by atoms with Crippen molar-refractivity contribution in [3.63, 3.8) is 0 Å². The molecule has 0 aromatic carbocycles. The maximum absolute atomic E-state index is 11.6. The highest BCUT2D eigenvalue weighted by Gasteiger charge is 2.33. The molecule has 7 nitrogen and oxygen atoms in total. The summed E-state index contributed by atoms with van der Waals surface area (Å²) in [5.74, 6) is -0.534. The molecular weight excluding hydrogens is 246 g/mol. The van der Waals surface area contributed by atoms with E-state index in [0.717, 1.165) is 0 Å². The van der Waals surface area contributed by atoms with Crippen molar-refractivity contribution in [3.05, 3.63) is 16.8 Å². The summed E-state index contributed by atoms with van der Waals surface area (Å²) in [5.41, 5.74) is 1.71. The molecule has 2 rings (SSSR count). The van der Waals surface area contributed by atoms with Gasteiger partial charge in [-0.15, -0.1) is 5.10 Å². The number of piperazine rings is 1. The van der Waals surface area contributed by atoms with Gasteiger partial charge in [0.15, 0.2) is 5.82 Å². The SMILES string of the molecule is Cc1nnc(N2CC(=O)NC(=O)C2C)c(C#N)c1C. The monoisotopic (exact) mass is 259 g/mol. The summed E-state index contributed by atoms with van der Waals surface area (Å²) in [6.07, 6.45) is 0. The standard InChI is InChI=1S/C12H13N5O2/c1-6-7(2)15-16-11(9(6)4-13)17-5-10(18)14-12(19)8(17)3/h8H,5H2,1-3H3,(H,14,18,19). The fourth-order valence-electron chi connectivity index (χ4n) is 1.90. The van der Waals surface area contributed by atoms with Gasteiger partial charge >= 0.3 is 0 Å². The third-order valence-electron chi connectivity index (χ3n) is 3.24. The molecule has 2 amide bonds. The minimum Gasteiger partial charge on any atom is -0.333 e. The number of nitrogens with one attached hydrogen (secondary N) is 1. The Hall–Kier alpha value is -2.49. The molecule has 0 spiro atoms. The summed E-state index contributed by atoms with van der Waals surface area (Å²) < 4.78 is 0. The largest absolute Gasteiger partial charge is 0.333 e. The van der Waals surface area contributed by atoms with Crippen LogP contribution < -0.4 is 10.2 Å². The number of nitriles is 1. The van der Waals surface area contributed by atoms with Crippen LogP contribution in [0.15, 0.2) is 0 Å². The van der Waals surface area contributed by atoms with Crippen LogP contribution in [0.2, 0.25) is 0 Å². The first kappa shape index (κ1) is 13.0. The molecule has 98 valence electrons. The van der Waals surface area contributed by atoms with Gasteiger partial charge in [-0.3, -0.25) is 14.9 Å². The van der Waals surface area contributed by atoms with Crippen molar-refractivity contribution in [2.24, 2.45) is 0 Å². The zero-order valence-corrected chi connectivity index (χ0v) is 10.9. The van der Waals surface area contributed by atoms with E-state index >= 15 is 0 Å². The van der Waals surface area contributed by atoms with Crippen LogP contribution in [0.3, 0.4) is 0 Å². The molecule has 0 radical (unpaired) electrons. The van der Waals surface area contributed by atoms with E-state index in [-0.39, 0.29) is 12.4 Å². The molecule has 1 N–H and O–H groups in total. The van der Waals surface area contributed by atoms with Crippen LogP contribution in [0.4, 0.5) is 5.82 Å². The van der Waals surface area contributed by atoms with E-state index in [1.807, 2.05) is 0 Å². The van der Waals surface area contributed by atoms with Gasteiger partial charge in [0.1, 0.15) is 17.7 Å². The summed E-state index contributed by atoms with van der Waals surface area (Å²) >= 11 is 0. The van der Waals surface area contributed by atoms with Crippen molar-refractivity contribution >= 4 is 17.6 Å². The lowest BCUT2D eigenvalue weighted by molar-refractivity contribution is -0.132. The molecule has 1 saturated heterocycles. The van der Waals surface area contributed by atoms with Crippen LogP contribution in [0.25, 0.3) is 0 Å². The molecule has 1 aromatic rings. The molecule has 0 aliphatic carbocycles. The Morgan fingerprint density at radius 1 is 1.37 bits per heavy atom. The molecule has 1 aromatic heterocycles. The maximum Gasteiger partial charge on any atom is 0.249 e. The number of carbonyl (C=O) groups is 2. The number of aromatic nitrogens is 2. The molecule has 1 unspecified atom stereocenters. The van der Waals surface area contributed by atoms with Crippen molar-refractivity contribution in [1.29, 1.82) is 5.26 Å². The Bertz CT molecular complexity index is 605. The molecule has 0 bridgehead atoms. The van der Waals surface area contributed by atoms with Gasteiger partial charge in [-0.1, -0.05) is 0 Å². The van der Waals surface area contributed by atoms with E-state index in [1.54, 1.807) is 20.8 Å². The van der Waals surface area contributed by atoms with E-state index in [1.165, 1.54) is 4.90 Å². The molecule has 2 heterocycles. The van der Waals surface area contributed by atoms with Crippen molar-refractivity contribution in [2.75, 3.05) is 11.4 Å². The van der Waals surface area contributed by atoms with Crippen molar-refractivity contribution in [3.8, 4) is 6.07 Å². The summed E-state index contributed by atoms with van der Waals surface area (Å²) in [6.45, 7) is 5.16. The zero-order chi connectivity index (χ0) is 14.2. The highest BCUT2D eigenvalue weighted by atomic mass is 16.2. The Labute approximate surface area is 110 Å². The predicted octanol–water partition coefficient (Wildman–Crippen LogP) is -0.184. The van der Waals surface area contributed by atoms with Gasteiger partial charge in [-0.25, -0.2) is 0 Å². The summed E-state index contributed by atoms with van der Waals surface area (Å²) in [7, 11) is 0. The Morgan fingerprint density at radius 3 is 2.68 bits per heavy atom. The van der Waals surface area contributed by atoms with Gasteiger partial charge < -0.3 is 4.90 Å². The summed E-state index contributed by atoms with van der Waals surface area (Å²) in [6, 6.07) is 1.50. The average molecular weight is 259 g/mol. The van der Waals surface area contributed by atoms with E-state index in [9.17, 15) is 14.9 Å². The molecule has 1 aliphatic rings. The highest BCUT2D eigenvalue weighted by Crippen LogP contribution is 2.23. The van der Waals surface area contributed by atoms with E-state index in [4.69, 9.17) is 0 Å². The molecule has 1 aliphatic heterocycles. The van der Waals surface area contributed by atoms with Crippen molar-refractivity contribution in [2.45, 2.75) is 26.8 Å². The number of imide groups is 1. The zero-order valence-electron chi connectivity index (χ0n) is 10.9. The number of rotatable bonds is 1. The summed E-state index contributed by atoms with van der Waals surface area (Å²) in [5, 5.41) is 19.4. The van der Waals surface area contributed by atoms with Gasteiger partial charge in [0, 0.05) is 0 Å². The second-order valence-electron chi connectivity index (χ2n) is 4.44. The smallest absolute Gasteiger partial charge is 0.249 e. The van der Waals surface area contributed by atoms with Gasteiger partial charge in [0.25, 0.3) is 0 Å². The third-order valence-corrected chi connectivity index (χ3v) is 3.24. The third kappa shape index (κ3) is 2.12. The Balaban J connectivity index is 2.53. The Kier molecular flexibility index (Phi) is 3.17. The number of amides is 2. The molecule has 0 saturated carbocycles. The van der Waals surface area contributed by atoms with Crippen LogP contribution >= 0.6 is 0 Å². The average Bonchev–Trinajstić information content (AvgIpc) is 2.37. The lowest BCUT2D eigenvalue weighted by atomic mass is 10.1. The summed E-state index contributed by atoms with van der Waals surface area (Å²) in [4.78, 5) is 24.6. The molecule has 1 atom stereocenters. The predicted molar refractivity (Wildman–Crippen MR) is 66.2 cm³/mol. The number of carbonyl (C=O) groups excluding carboxylic acids is 2. The normalized spacial score (nSPS) is 19.1. The topological polar surface area (TPSA) is 99.0 Å². The van der Waals surface area contributed by atoms with Crippen molar-refractivity contribution in [1.82, 2.24) is 15.5 Å². The van der Waals surface area contributed by atoms with Crippen LogP contribution in [0.5, 0.6) is 0 Å². The minimum absolute atomic E-state index is 0.0151. The number of hydrogen-bond donors (Lipinski definition) is 1. The lowest BCUT2D eigenvalue weighted by Gasteiger charge is -2.32. The van der Waals surface area contributed by atoms with Crippen molar-refractivity contribution < 1.29 is 9.59 Å². The van der Waals surface area contributed by atoms with Gasteiger partial charge in [0.2, 0.25) is 11.8 Å².